The lowest BCUT2D eigenvalue weighted by Crippen LogP contribution is -2.59. The molecule has 59 heavy (non-hydrogen) atoms. The van der Waals surface area contributed by atoms with E-state index in [0.29, 0.717) is 26.1 Å². The van der Waals surface area contributed by atoms with Crippen molar-refractivity contribution in [3.63, 3.8) is 0 Å². The molecule has 0 spiro atoms. The van der Waals surface area contributed by atoms with Crippen molar-refractivity contribution in [3.8, 4) is 11.1 Å². The third-order valence-corrected chi connectivity index (χ3v) is 11.3. The summed E-state index contributed by atoms with van der Waals surface area (Å²) in [5.74, 6) is -0.813. The van der Waals surface area contributed by atoms with Crippen LogP contribution in [0.15, 0.2) is 84.5 Å². The first-order chi connectivity index (χ1) is 27.9. The summed E-state index contributed by atoms with van der Waals surface area (Å²) in [6, 6.07) is 17.9. The topological polar surface area (TPSA) is 166 Å². The molecular formula is C45H59N7O6S. The third-order valence-electron chi connectivity index (χ3n) is 10.5. The number of hydrogen-bond acceptors (Lipinski definition) is 9. The van der Waals surface area contributed by atoms with Crippen LogP contribution in [-0.4, -0.2) is 99.3 Å². The van der Waals surface area contributed by atoms with Crippen molar-refractivity contribution in [3.05, 3.63) is 106 Å². The molecule has 0 aliphatic carbocycles. The lowest BCUT2D eigenvalue weighted by Gasteiger charge is -2.38. The van der Waals surface area contributed by atoms with Gasteiger partial charge in [-0.25, -0.2) is 14.6 Å². The van der Waals surface area contributed by atoms with Gasteiger partial charge in [0.2, 0.25) is 11.8 Å². The summed E-state index contributed by atoms with van der Waals surface area (Å²) in [5, 5.41) is 24.0. The van der Waals surface area contributed by atoms with Crippen molar-refractivity contribution < 1.29 is 29.0 Å². The smallest absolute Gasteiger partial charge is 0.407 e. The number of carbonyl (C=O) groups excluding carboxylic acids is 4. The molecule has 0 radical (unpaired) electrons. The summed E-state index contributed by atoms with van der Waals surface area (Å²) in [4.78, 5) is 67.0. The molecule has 1 fully saturated rings. The van der Waals surface area contributed by atoms with Gasteiger partial charge in [0.15, 0.2) is 0 Å². The van der Waals surface area contributed by atoms with Crippen molar-refractivity contribution in [1.82, 2.24) is 35.7 Å². The minimum absolute atomic E-state index is 0.0735. The maximum absolute atomic E-state index is 14.5. The van der Waals surface area contributed by atoms with E-state index >= 15 is 0 Å². The molecule has 4 N–H and O–H groups in total. The Morgan fingerprint density at radius 3 is 2.14 bits per heavy atom. The number of aliphatic hydroxyl groups excluding tert-OH is 1. The number of aliphatic hydroxyl groups is 1. The Balaban J connectivity index is 1.41. The number of urea groups is 1. The van der Waals surface area contributed by atoms with E-state index in [2.05, 4.69) is 25.9 Å². The molecule has 3 heterocycles. The number of thiazole rings is 1. The van der Waals surface area contributed by atoms with Crippen molar-refractivity contribution in [2.75, 3.05) is 20.2 Å². The van der Waals surface area contributed by atoms with Gasteiger partial charge in [-0.2, -0.15) is 0 Å². The van der Waals surface area contributed by atoms with E-state index < -0.39 is 53.1 Å². The maximum atomic E-state index is 14.5. The second-order valence-corrected chi connectivity index (χ2v) is 18.5. The highest BCUT2D eigenvalue weighted by Gasteiger charge is 2.44. The van der Waals surface area contributed by atoms with E-state index in [0.717, 1.165) is 33.0 Å². The Labute approximate surface area is 352 Å². The molecular weight excluding hydrogens is 767 g/mol. The molecule has 1 aliphatic rings. The largest absolute Gasteiger partial charge is 0.453 e. The summed E-state index contributed by atoms with van der Waals surface area (Å²) in [5.41, 5.74) is 3.21. The van der Waals surface area contributed by atoms with E-state index in [-0.39, 0.29) is 24.8 Å². The van der Waals surface area contributed by atoms with Crippen LogP contribution in [-0.2, 0) is 33.7 Å². The lowest BCUT2D eigenvalue weighted by molar-refractivity contribution is -0.130. The molecule has 1 aliphatic heterocycles. The summed E-state index contributed by atoms with van der Waals surface area (Å²) in [6.45, 7) is 14.5. The number of carbonyl (C=O) groups is 4. The number of aryl methyl sites for hydroxylation is 1. The van der Waals surface area contributed by atoms with Gasteiger partial charge >= 0.3 is 12.1 Å². The quantitative estimate of drug-likeness (QED) is 0.105. The monoisotopic (exact) mass is 825 g/mol. The number of pyridine rings is 1. The van der Waals surface area contributed by atoms with E-state index in [1.807, 2.05) is 121 Å². The van der Waals surface area contributed by atoms with Gasteiger partial charge in [-0.3, -0.25) is 14.6 Å². The zero-order valence-corrected chi connectivity index (χ0v) is 36.2. The summed E-state index contributed by atoms with van der Waals surface area (Å²) < 4.78 is 4.83. The molecule has 0 unspecified atom stereocenters. The summed E-state index contributed by atoms with van der Waals surface area (Å²) >= 11 is 1.53. The van der Waals surface area contributed by atoms with Crippen molar-refractivity contribution in [1.29, 1.82) is 0 Å². The van der Waals surface area contributed by atoms with Crippen LogP contribution in [0.3, 0.4) is 0 Å². The Morgan fingerprint density at radius 2 is 1.54 bits per heavy atom. The predicted molar refractivity (Wildman–Crippen MR) is 229 cm³/mol. The minimum atomic E-state index is -1.15. The maximum Gasteiger partial charge on any atom is 0.407 e. The SMILES string of the molecule is COC(=O)N[C@H](C(=O)N[C@@H](Cc1ccc(-c2cccnc2)cc1)[C@@H](O)C[C@H](Cc1ccccc1)NC(=O)[C@@H](N1CCN(Cc2csc(C)n2)C1=O)C(C)(C)C)C(C)(C)C. The summed E-state index contributed by atoms with van der Waals surface area (Å²) in [6.07, 6.45) is 2.32. The lowest BCUT2D eigenvalue weighted by atomic mass is 9.84. The number of methoxy groups -OCH3 is 1. The van der Waals surface area contributed by atoms with Crippen LogP contribution in [0.1, 0.15) is 69.8 Å². The number of nitrogens with one attached hydrogen (secondary N) is 3. The molecule has 1 saturated heterocycles. The average molecular weight is 826 g/mol. The van der Waals surface area contributed by atoms with E-state index in [1.165, 1.54) is 18.4 Å². The van der Waals surface area contributed by atoms with Gasteiger partial charge in [0, 0.05) is 36.9 Å². The molecule has 13 nitrogen and oxygen atoms in total. The standard InChI is InChI=1S/C45H59N7O6S/c1-29-47-35(28-59-29)27-51-21-22-52(43(51)57)39(45(5,6)7)41(55)48-34(23-30-13-10-9-11-14-30)25-37(53)36(49-40(54)38(44(2,3)4)50-42(56)58-8)24-31-16-18-32(19-17-31)33-15-12-20-46-26-33/h9-20,26,28,34,36-39,53H,21-25,27H2,1-8H3,(H,48,55)(H,49,54)(H,50,56)/t34-,36-,37-,38+,39+/m0/s1. The van der Waals surface area contributed by atoms with Gasteiger partial charge in [-0.15, -0.1) is 11.3 Å². The highest BCUT2D eigenvalue weighted by molar-refractivity contribution is 7.09. The highest BCUT2D eigenvalue weighted by atomic mass is 32.1. The third kappa shape index (κ3) is 12.3. The molecule has 2 aromatic heterocycles. The minimum Gasteiger partial charge on any atom is -0.453 e. The molecule has 0 saturated carbocycles. The zero-order chi connectivity index (χ0) is 42.9. The van der Waals surface area contributed by atoms with Gasteiger partial charge in [0.1, 0.15) is 12.1 Å². The number of aromatic nitrogens is 2. The van der Waals surface area contributed by atoms with E-state index in [4.69, 9.17) is 4.74 Å². The number of rotatable bonds is 16. The number of benzene rings is 2. The fourth-order valence-corrected chi connectivity index (χ4v) is 8.12. The van der Waals surface area contributed by atoms with Crippen LogP contribution < -0.4 is 16.0 Å². The normalized spacial score (nSPS) is 15.8. The second-order valence-electron chi connectivity index (χ2n) is 17.4. The van der Waals surface area contributed by atoms with Crippen molar-refractivity contribution in [2.45, 2.75) is 105 Å². The molecule has 4 aromatic rings. The van der Waals surface area contributed by atoms with Crippen molar-refractivity contribution >= 4 is 35.3 Å². The Bertz CT molecular complexity index is 2010. The Kier molecular flexibility index (Phi) is 14.9. The molecule has 14 heteroatoms. The van der Waals surface area contributed by atoms with Crippen LogP contribution in [0.2, 0.25) is 0 Å². The number of ether oxygens (including phenoxy) is 1. The van der Waals surface area contributed by atoms with Gasteiger partial charge in [-0.05, 0) is 65.3 Å². The fraction of sp³-hybridized carbons (Fsp3) is 0.467. The Morgan fingerprint density at radius 1 is 0.847 bits per heavy atom. The molecule has 5 rings (SSSR count). The highest BCUT2D eigenvalue weighted by Crippen LogP contribution is 2.30. The number of amides is 5. The van der Waals surface area contributed by atoms with Gasteiger partial charge < -0.3 is 35.6 Å². The fourth-order valence-electron chi connectivity index (χ4n) is 7.52. The molecule has 2 aromatic carbocycles. The summed E-state index contributed by atoms with van der Waals surface area (Å²) in [7, 11) is 1.24. The number of nitrogens with zero attached hydrogens (tertiary/aromatic N) is 4. The van der Waals surface area contributed by atoms with E-state index in [9.17, 15) is 24.3 Å². The van der Waals surface area contributed by atoms with E-state index in [1.54, 1.807) is 22.2 Å². The molecule has 0 bridgehead atoms. The van der Waals surface area contributed by atoms with Crippen LogP contribution in [0, 0.1) is 17.8 Å². The van der Waals surface area contributed by atoms with Crippen molar-refractivity contribution in [2.24, 2.45) is 10.8 Å². The molecule has 316 valence electrons. The first kappa shape index (κ1) is 44.8. The number of alkyl carbamates (subject to hydrolysis) is 1. The van der Waals surface area contributed by atoms with Crippen LogP contribution in [0.5, 0.6) is 0 Å². The molecule has 5 amide bonds. The average Bonchev–Trinajstić information content (AvgIpc) is 3.76. The van der Waals surface area contributed by atoms with Crippen LogP contribution in [0.4, 0.5) is 9.59 Å². The van der Waals surface area contributed by atoms with Gasteiger partial charge in [0.05, 0.1) is 36.5 Å². The first-order valence-electron chi connectivity index (χ1n) is 20.1. The van der Waals surface area contributed by atoms with Crippen LogP contribution in [0.25, 0.3) is 11.1 Å². The Hall–Kier alpha value is -5.34. The van der Waals surface area contributed by atoms with Gasteiger partial charge in [0.25, 0.3) is 0 Å². The number of hydrogen-bond donors (Lipinski definition) is 4. The zero-order valence-electron chi connectivity index (χ0n) is 35.4. The molecule has 5 atom stereocenters. The van der Waals surface area contributed by atoms with Crippen LogP contribution >= 0.6 is 11.3 Å². The predicted octanol–water partition coefficient (Wildman–Crippen LogP) is 6.14. The first-order valence-corrected chi connectivity index (χ1v) is 20.9. The van der Waals surface area contributed by atoms with Gasteiger partial charge in [-0.1, -0.05) is 102 Å². The second kappa shape index (κ2) is 19.6.